The minimum absolute atomic E-state index is 0.286. The van der Waals surface area contributed by atoms with E-state index in [0.717, 1.165) is 31.0 Å². The van der Waals surface area contributed by atoms with E-state index in [2.05, 4.69) is 31.5 Å². The largest absolute Gasteiger partial charge is 0.359 e. The van der Waals surface area contributed by atoms with Gasteiger partial charge in [0.15, 0.2) is 0 Å². The number of anilines is 2. The van der Waals surface area contributed by atoms with Crippen molar-refractivity contribution in [3.05, 3.63) is 57.5 Å². The van der Waals surface area contributed by atoms with Crippen molar-refractivity contribution in [3.63, 3.8) is 0 Å². The van der Waals surface area contributed by atoms with Crippen molar-refractivity contribution < 1.29 is 14.7 Å². The second-order valence-corrected chi connectivity index (χ2v) is 9.11. The molecule has 0 radical (unpaired) electrons. The zero-order valence-electron chi connectivity index (χ0n) is 16.9. The standard InChI is InChI=1S/C22H24BrClN4O3/c23-15-4-9-19-18(14-15)22(31,20(29)25-10-3-13-27-11-1-2-12-27)28(21(30)26-19)17-7-5-16(24)6-8-17/h4-9,14,31H,1-3,10-13H2,(H,25,29)(H,26,30)/t22-/m0/s1. The maximum Gasteiger partial charge on any atom is 0.329 e. The highest BCUT2D eigenvalue weighted by molar-refractivity contribution is 9.10. The van der Waals surface area contributed by atoms with Gasteiger partial charge >= 0.3 is 6.03 Å². The molecule has 3 N–H and O–H groups in total. The molecule has 2 aromatic carbocycles. The van der Waals surface area contributed by atoms with E-state index in [1.165, 1.54) is 12.8 Å². The average Bonchev–Trinajstić information content (AvgIpc) is 3.26. The van der Waals surface area contributed by atoms with Gasteiger partial charge in [-0.15, -0.1) is 0 Å². The summed E-state index contributed by atoms with van der Waals surface area (Å²) in [6, 6.07) is 10.8. The summed E-state index contributed by atoms with van der Waals surface area (Å²) in [5.74, 6) is -0.655. The molecule has 0 spiro atoms. The number of carbonyl (C=O) groups excluding carboxylic acids is 2. The van der Waals surface area contributed by atoms with Crippen LogP contribution < -0.4 is 15.5 Å². The molecular formula is C22H24BrClN4O3. The van der Waals surface area contributed by atoms with Crippen LogP contribution in [0, 0.1) is 0 Å². The normalized spacial score (nSPS) is 21.0. The summed E-state index contributed by atoms with van der Waals surface area (Å²) in [4.78, 5) is 29.7. The Bertz CT molecular complexity index is 981. The Morgan fingerprint density at radius 1 is 1.19 bits per heavy atom. The van der Waals surface area contributed by atoms with Gasteiger partial charge < -0.3 is 20.6 Å². The van der Waals surface area contributed by atoms with Crippen molar-refractivity contribution in [3.8, 4) is 0 Å². The topological polar surface area (TPSA) is 84.9 Å². The molecule has 0 bridgehead atoms. The zero-order valence-corrected chi connectivity index (χ0v) is 19.2. The van der Waals surface area contributed by atoms with E-state index in [-0.39, 0.29) is 5.56 Å². The van der Waals surface area contributed by atoms with Gasteiger partial charge in [0.05, 0.1) is 5.69 Å². The molecule has 9 heteroatoms. The smallest absolute Gasteiger partial charge is 0.329 e. The van der Waals surface area contributed by atoms with Crippen molar-refractivity contribution in [2.45, 2.75) is 25.0 Å². The first-order chi connectivity index (χ1) is 14.9. The Hall–Kier alpha value is -2.13. The van der Waals surface area contributed by atoms with Crippen molar-refractivity contribution in [1.82, 2.24) is 10.2 Å². The summed E-state index contributed by atoms with van der Waals surface area (Å²) in [7, 11) is 0. The van der Waals surface area contributed by atoms with Gasteiger partial charge in [-0.3, -0.25) is 9.69 Å². The maximum atomic E-state index is 13.3. The molecule has 0 saturated carbocycles. The number of amides is 3. The number of benzene rings is 2. The third-order valence-electron chi connectivity index (χ3n) is 5.66. The van der Waals surface area contributed by atoms with Gasteiger partial charge in [-0.05, 0) is 81.4 Å². The van der Waals surface area contributed by atoms with E-state index >= 15 is 0 Å². The fraction of sp³-hybridized carbons (Fsp3) is 0.364. The summed E-state index contributed by atoms with van der Waals surface area (Å²) in [5.41, 5.74) is -1.20. The Morgan fingerprint density at radius 3 is 2.61 bits per heavy atom. The molecule has 1 fully saturated rings. The third kappa shape index (κ3) is 4.43. The van der Waals surface area contributed by atoms with Gasteiger partial charge in [0.2, 0.25) is 0 Å². The lowest BCUT2D eigenvalue weighted by Crippen LogP contribution is -2.62. The van der Waals surface area contributed by atoms with Crippen LogP contribution in [0.1, 0.15) is 24.8 Å². The number of nitrogens with one attached hydrogen (secondary N) is 2. The van der Waals surface area contributed by atoms with Gasteiger partial charge in [-0.25, -0.2) is 4.79 Å². The highest BCUT2D eigenvalue weighted by Crippen LogP contribution is 2.41. The number of rotatable bonds is 6. The van der Waals surface area contributed by atoms with Crippen LogP contribution in [0.5, 0.6) is 0 Å². The number of halogens is 2. The predicted octanol–water partition coefficient (Wildman–Crippen LogP) is 3.90. The number of carbonyl (C=O) groups is 2. The van der Waals surface area contributed by atoms with Crippen LogP contribution in [0.3, 0.4) is 0 Å². The minimum atomic E-state index is -2.22. The highest BCUT2D eigenvalue weighted by atomic mass is 79.9. The molecule has 0 unspecified atom stereocenters. The first-order valence-corrected chi connectivity index (χ1v) is 11.5. The van der Waals surface area contributed by atoms with Crippen molar-refractivity contribution in [2.24, 2.45) is 0 Å². The van der Waals surface area contributed by atoms with E-state index in [1.54, 1.807) is 42.5 Å². The van der Waals surface area contributed by atoms with E-state index in [9.17, 15) is 14.7 Å². The van der Waals surface area contributed by atoms with Gasteiger partial charge in [-0.2, -0.15) is 0 Å². The van der Waals surface area contributed by atoms with Crippen molar-refractivity contribution in [1.29, 1.82) is 0 Å². The van der Waals surface area contributed by atoms with Crippen LogP contribution in [0.15, 0.2) is 46.9 Å². The van der Waals surface area contributed by atoms with Gasteiger partial charge in [0.25, 0.3) is 11.6 Å². The number of hydrogen-bond donors (Lipinski definition) is 3. The Morgan fingerprint density at radius 2 is 1.90 bits per heavy atom. The molecule has 1 atom stereocenters. The average molecular weight is 508 g/mol. The first-order valence-electron chi connectivity index (χ1n) is 10.3. The fourth-order valence-electron chi connectivity index (χ4n) is 4.10. The molecule has 7 nitrogen and oxygen atoms in total. The van der Waals surface area contributed by atoms with Crippen LogP contribution in [0.2, 0.25) is 5.02 Å². The lowest BCUT2D eigenvalue weighted by Gasteiger charge is -2.42. The molecule has 2 aliphatic heterocycles. The minimum Gasteiger partial charge on any atom is -0.359 e. The summed E-state index contributed by atoms with van der Waals surface area (Å²) in [6.45, 7) is 3.47. The molecule has 0 aliphatic carbocycles. The van der Waals surface area contributed by atoms with Crippen molar-refractivity contribution in [2.75, 3.05) is 36.4 Å². The van der Waals surface area contributed by atoms with Gasteiger partial charge in [0, 0.05) is 27.3 Å². The fourth-order valence-corrected chi connectivity index (χ4v) is 4.59. The number of likely N-dealkylation sites (tertiary alicyclic amines) is 1. The second-order valence-electron chi connectivity index (χ2n) is 7.76. The molecule has 164 valence electrons. The zero-order chi connectivity index (χ0) is 22.0. The molecule has 2 heterocycles. The van der Waals surface area contributed by atoms with E-state index in [0.29, 0.717) is 27.4 Å². The highest BCUT2D eigenvalue weighted by Gasteiger charge is 2.52. The summed E-state index contributed by atoms with van der Waals surface area (Å²) >= 11 is 9.39. The molecule has 31 heavy (non-hydrogen) atoms. The molecule has 0 aromatic heterocycles. The van der Waals surface area contributed by atoms with Crippen molar-refractivity contribution >= 4 is 50.8 Å². The number of aliphatic hydroxyl groups is 1. The molecule has 2 aliphatic rings. The maximum absolute atomic E-state index is 13.3. The third-order valence-corrected chi connectivity index (χ3v) is 6.41. The van der Waals surface area contributed by atoms with Crippen LogP contribution in [-0.2, 0) is 10.5 Å². The van der Waals surface area contributed by atoms with Gasteiger partial charge in [0.1, 0.15) is 0 Å². The summed E-state index contributed by atoms with van der Waals surface area (Å²) < 4.78 is 0.679. The second kappa shape index (κ2) is 9.16. The molecule has 1 saturated heterocycles. The number of urea groups is 1. The summed E-state index contributed by atoms with van der Waals surface area (Å²) in [5, 5.41) is 17.8. The lowest BCUT2D eigenvalue weighted by molar-refractivity contribution is -0.140. The Labute approximate surface area is 194 Å². The molecule has 2 aromatic rings. The number of fused-ring (bicyclic) bond motifs is 1. The van der Waals surface area contributed by atoms with Crippen LogP contribution >= 0.6 is 27.5 Å². The van der Waals surface area contributed by atoms with Crippen LogP contribution in [-0.4, -0.2) is 48.1 Å². The number of nitrogens with zero attached hydrogens (tertiary/aromatic N) is 2. The van der Waals surface area contributed by atoms with Crippen LogP contribution in [0.4, 0.5) is 16.2 Å². The lowest BCUT2D eigenvalue weighted by atomic mass is 9.94. The number of hydrogen-bond acceptors (Lipinski definition) is 4. The SMILES string of the molecule is O=C1Nc2ccc(Br)cc2[C@](O)(C(=O)NCCCN2CCCC2)N1c1ccc(Cl)cc1. The Kier molecular flexibility index (Phi) is 6.52. The van der Waals surface area contributed by atoms with E-state index in [4.69, 9.17) is 11.6 Å². The molecule has 4 rings (SSSR count). The predicted molar refractivity (Wildman–Crippen MR) is 124 cm³/mol. The van der Waals surface area contributed by atoms with E-state index in [1.807, 2.05) is 0 Å². The molecular weight excluding hydrogens is 484 g/mol. The van der Waals surface area contributed by atoms with Crippen LogP contribution in [0.25, 0.3) is 0 Å². The quantitative estimate of drug-likeness (QED) is 0.518. The Balaban J connectivity index is 1.63. The monoisotopic (exact) mass is 506 g/mol. The first kappa shape index (κ1) is 22.1. The summed E-state index contributed by atoms with van der Waals surface area (Å²) in [6.07, 6.45) is 3.19. The van der Waals surface area contributed by atoms with Gasteiger partial charge in [-0.1, -0.05) is 27.5 Å². The molecule has 3 amide bonds. The van der Waals surface area contributed by atoms with E-state index < -0.39 is 17.7 Å².